The van der Waals surface area contributed by atoms with Crippen molar-refractivity contribution in [3.05, 3.63) is 107 Å². The average molecular weight is 554 g/mol. The molecular formula is C31H31N5O5. The molecule has 2 amide bonds. The Balaban J connectivity index is 1.22. The Morgan fingerprint density at radius 3 is 2.22 bits per heavy atom. The number of carbonyl (C=O) groups is 3. The summed E-state index contributed by atoms with van der Waals surface area (Å²) >= 11 is 0. The van der Waals surface area contributed by atoms with Gasteiger partial charge in [0.05, 0.1) is 0 Å². The fourth-order valence-electron chi connectivity index (χ4n) is 5.17. The molecule has 0 aliphatic heterocycles. The predicted octanol–water partition coefficient (Wildman–Crippen LogP) is 4.10. The number of nitrogens with zero attached hydrogens (tertiary/aromatic N) is 3. The largest absolute Gasteiger partial charge is 0.480 e. The van der Waals surface area contributed by atoms with Crippen molar-refractivity contribution >= 4 is 23.8 Å². The zero-order valence-electron chi connectivity index (χ0n) is 22.8. The van der Waals surface area contributed by atoms with Crippen molar-refractivity contribution in [3.8, 4) is 11.1 Å². The Bertz CT molecular complexity index is 1520. The van der Waals surface area contributed by atoms with Crippen molar-refractivity contribution in [2.24, 2.45) is 7.05 Å². The number of benzene rings is 3. The smallest absolute Gasteiger partial charge is 0.412 e. The van der Waals surface area contributed by atoms with E-state index >= 15 is 0 Å². The van der Waals surface area contributed by atoms with Crippen LogP contribution in [0, 0.1) is 0 Å². The molecule has 0 bridgehead atoms. The van der Waals surface area contributed by atoms with E-state index in [2.05, 4.69) is 27.9 Å². The van der Waals surface area contributed by atoms with Crippen molar-refractivity contribution in [3.63, 3.8) is 0 Å². The van der Waals surface area contributed by atoms with Crippen molar-refractivity contribution < 1.29 is 24.2 Å². The first kappa shape index (κ1) is 27.6. The highest BCUT2D eigenvalue weighted by atomic mass is 16.5. The van der Waals surface area contributed by atoms with Gasteiger partial charge in [-0.15, -0.1) is 0 Å². The van der Waals surface area contributed by atoms with E-state index in [1.54, 1.807) is 14.1 Å². The lowest BCUT2D eigenvalue weighted by Crippen LogP contribution is -2.47. The van der Waals surface area contributed by atoms with E-state index in [0.29, 0.717) is 6.54 Å². The number of amides is 2. The quantitative estimate of drug-likeness (QED) is 0.270. The summed E-state index contributed by atoms with van der Waals surface area (Å²) in [6, 6.07) is 24.5. The number of rotatable bonds is 10. The maximum Gasteiger partial charge on any atom is 0.412 e. The van der Waals surface area contributed by atoms with Crippen LogP contribution in [0.2, 0.25) is 0 Å². The number of nitrogens with one attached hydrogen (secondary N) is 2. The minimum absolute atomic E-state index is 0.0241. The van der Waals surface area contributed by atoms with Crippen molar-refractivity contribution in [2.45, 2.75) is 18.5 Å². The van der Waals surface area contributed by atoms with Gasteiger partial charge in [-0.05, 0) is 34.9 Å². The lowest BCUT2D eigenvalue weighted by Gasteiger charge is -2.22. The molecule has 0 saturated heterocycles. The number of anilines is 1. The molecule has 1 aliphatic carbocycles. The number of fused-ring (bicyclic) bond motifs is 3. The van der Waals surface area contributed by atoms with E-state index in [1.807, 2.05) is 71.6 Å². The number of carbonyl (C=O) groups excluding carboxylic acids is 2. The summed E-state index contributed by atoms with van der Waals surface area (Å²) < 4.78 is 6.95. The van der Waals surface area contributed by atoms with Crippen LogP contribution in [0.25, 0.3) is 11.1 Å². The van der Waals surface area contributed by atoms with Crippen LogP contribution in [0.5, 0.6) is 0 Å². The van der Waals surface area contributed by atoms with E-state index < -0.39 is 24.0 Å². The predicted molar refractivity (Wildman–Crippen MR) is 154 cm³/mol. The molecule has 10 nitrogen and oxygen atoms in total. The maximum absolute atomic E-state index is 13.1. The van der Waals surface area contributed by atoms with Crippen molar-refractivity contribution in [1.29, 1.82) is 0 Å². The van der Waals surface area contributed by atoms with E-state index in [1.165, 1.54) is 10.9 Å². The first-order chi connectivity index (χ1) is 19.8. The van der Waals surface area contributed by atoms with Gasteiger partial charge in [-0.25, -0.2) is 9.59 Å². The molecular weight excluding hydrogens is 522 g/mol. The van der Waals surface area contributed by atoms with Crippen LogP contribution in [0.3, 0.4) is 0 Å². The van der Waals surface area contributed by atoms with Gasteiger partial charge >= 0.3 is 12.1 Å². The number of aryl methyl sites for hydroxylation is 1. The Morgan fingerprint density at radius 1 is 0.976 bits per heavy atom. The van der Waals surface area contributed by atoms with Gasteiger partial charge in [-0.3, -0.25) is 19.7 Å². The molecule has 5 rings (SSSR count). The molecule has 1 heterocycles. The van der Waals surface area contributed by atoms with Crippen LogP contribution in [-0.2, 0) is 23.1 Å². The molecule has 1 aromatic heterocycles. The third kappa shape index (κ3) is 6.28. The van der Waals surface area contributed by atoms with Crippen LogP contribution in [0.1, 0.15) is 33.0 Å². The third-order valence-electron chi connectivity index (χ3n) is 7.03. The molecule has 1 unspecified atom stereocenters. The second-order valence-electron chi connectivity index (χ2n) is 10.1. The molecule has 10 heteroatoms. The van der Waals surface area contributed by atoms with Gasteiger partial charge in [0, 0.05) is 32.3 Å². The Hall–Kier alpha value is -4.96. The van der Waals surface area contributed by atoms with Gasteiger partial charge in [0.2, 0.25) is 0 Å². The monoisotopic (exact) mass is 553 g/mol. The molecule has 0 fully saturated rings. The molecule has 41 heavy (non-hydrogen) atoms. The first-order valence-electron chi connectivity index (χ1n) is 13.2. The Kier molecular flexibility index (Phi) is 8.11. The zero-order chi connectivity index (χ0) is 28.9. The highest BCUT2D eigenvalue weighted by molar-refractivity contribution is 6.02. The van der Waals surface area contributed by atoms with E-state index in [0.717, 1.165) is 27.8 Å². The van der Waals surface area contributed by atoms with Crippen LogP contribution >= 0.6 is 0 Å². The lowest BCUT2D eigenvalue weighted by molar-refractivity contribution is -0.139. The SMILES string of the molecule is CN(Cc1ccccc1)CC(NC(=O)c1cn(C)nc1NC(=O)OCC1c2ccccc2-c2ccccc21)C(=O)O. The van der Waals surface area contributed by atoms with Crippen molar-refractivity contribution in [1.82, 2.24) is 20.0 Å². The summed E-state index contributed by atoms with van der Waals surface area (Å²) in [5.41, 5.74) is 5.43. The summed E-state index contributed by atoms with van der Waals surface area (Å²) in [6.07, 6.45) is 0.651. The number of carboxylic acid groups (broad SMARTS) is 1. The molecule has 210 valence electrons. The van der Waals surface area contributed by atoms with Gasteiger partial charge in [0.25, 0.3) is 5.91 Å². The number of aliphatic carboxylic acids is 1. The summed E-state index contributed by atoms with van der Waals surface area (Å²) in [5.74, 6) is -1.99. The zero-order valence-corrected chi connectivity index (χ0v) is 22.8. The van der Waals surface area contributed by atoms with Crippen LogP contribution in [-0.4, -0.2) is 64.0 Å². The summed E-state index contributed by atoms with van der Waals surface area (Å²) in [6.45, 7) is 0.691. The highest BCUT2D eigenvalue weighted by Crippen LogP contribution is 2.44. The van der Waals surface area contributed by atoms with Gasteiger partial charge in [0.15, 0.2) is 5.82 Å². The van der Waals surface area contributed by atoms with Crippen LogP contribution in [0.4, 0.5) is 10.6 Å². The topological polar surface area (TPSA) is 126 Å². The fraction of sp³-hybridized carbons (Fsp3) is 0.226. The van der Waals surface area contributed by atoms with Gasteiger partial charge in [-0.2, -0.15) is 5.10 Å². The molecule has 0 saturated carbocycles. The Labute approximate surface area is 237 Å². The van der Waals surface area contributed by atoms with Crippen molar-refractivity contribution in [2.75, 3.05) is 25.5 Å². The van der Waals surface area contributed by atoms with Crippen LogP contribution in [0.15, 0.2) is 85.1 Å². The minimum Gasteiger partial charge on any atom is -0.480 e. The highest BCUT2D eigenvalue weighted by Gasteiger charge is 2.30. The van der Waals surface area contributed by atoms with E-state index in [4.69, 9.17) is 4.74 Å². The molecule has 3 aromatic carbocycles. The van der Waals surface area contributed by atoms with E-state index in [9.17, 15) is 19.5 Å². The number of ether oxygens (including phenoxy) is 1. The number of likely N-dealkylation sites (N-methyl/N-ethyl adjacent to an activating group) is 1. The summed E-state index contributed by atoms with van der Waals surface area (Å²) in [4.78, 5) is 39.7. The average Bonchev–Trinajstić information content (AvgIpc) is 3.49. The minimum atomic E-state index is -1.18. The fourth-order valence-corrected chi connectivity index (χ4v) is 5.17. The lowest BCUT2D eigenvalue weighted by atomic mass is 9.98. The molecule has 1 atom stereocenters. The second-order valence-corrected chi connectivity index (χ2v) is 10.1. The second kappa shape index (κ2) is 12.1. The van der Waals surface area contributed by atoms with Crippen LogP contribution < -0.4 is 10.6 Å². The first-order valence-corrected chi connectivity index (χ1v) is 13.2. The van der Waals surface area contributed by atoms with Gasteiger partial charge in [-0.1, -0.05) is 78.9 Å². The number of carboxylic acids is 1. The summed E-state index contributed by atoms with van der Waals surface area (Å²) in [7, 11) is 3.38. The summed E-state index contributed by atoms with van der Waals surface area (Å²) in [5, 5.41) is 19.0. The molecule has 0 spiro atoms. The van der Waals surface area contributed by atoms with Gasteiger partial charge < -0.3 is 15.2 Å². The number of hydrogen-bond acceptors (Lipinski definition) is 6. The molecule has 1 aliphatic rings. The standard InChI is InChI=1S/C31H31N5O5/c1-35(16-20-10-4-3-5-11-20)18-27(30(38)39)32-29(37)25-17-36(2)34-28(25)33-31(40)41-19-26-23-14-8-6-12-21(23)22-13-7-9-15-24(22)26/h3-15,17,26-27H,16,18-19H2,1-2H3,(H,32,37)(H,38,39)(H,33,34,40). The molecule has 4 aromatic rings. The number of aromatic nitrogens is 2. The maximum atomic E-state index is 13.1. The third-order valence-corrected chi connectivity index (χ3v) is 7.03. The van der Waals surface area contributed by atoms with Gasteiger partial charge in [0.1, 0.15) is 18.2 Å². The number of hydrogen-bond donors (Lipinski definition) is 3. The Morgan fingerprint density at radius 2 is 1.59 bits per heavy atom. The molecule has 0 radical (unpaired) electrons. The normalized spacial score (nSPS) is 12.9. The molecule has 3 N–H and O–H groups in total. The van der Waals surface area contributed by atoms with E-state index in [-0.39, 0.29) is 30.5 Å².